The van der Waals surface area contributed by atoms with Crippen LogP contribution in [0.3, 0.4) is 0 Å². The molecular formula is C4H4INS. The molecule has 0 fully saturated rings. The molecule has 1 heterocycles. The second kappa shape index (κ2) is 2.00. The molecule has 0 bridgehead atoms. The third-order valence-electron chi connectivity index (χ3n) is 0.588. The van der Waals surface area contributed by atoms with Crippen LogP contribution in [0.15, 0.2) is 11.4 Å². The Hall–Kier alpha value is 0.230. The molecule has 0 aliphatic heterocycles. The molecule has 0 atom stereocenters. The fraction of sp³-hybridized carbons (Fsp3) is 0. The number of nitrogen functional groups attached to an aromatic ring is 1. The smallest absolute Gasteiger partial charge is 0.0674 e. The number of rotatable bonds is 0. The van der Waals surface area contributed by atoms with Crippen molar-refractivity contribution in [2.75, 3.05) is 5.73 Å². The number of halogens is 1. The highest BCUT2D eigenvalue weighted by molar-refractivity contribution is 14.1. The molecule has 0 radical (unpaired) electrons. The molecule has 1 nitrogen and oxygen atoms in total. The van der Waals surface area contributed by atoms with E-state index >= 15 is 0 Å². The lowest BCUT2D eigenvalue weighted by molar-refractivity contribution is 1.86. The van der Waals surface area contributed by atoms with Gasteiger partial charge in [0, 0.05) is 11.1 Å². The number of anilines is 1. The molecule has 0 saturated heterocycles. The molecule has 0 amide bonds. The normalized spacial score (nSPS) is 9.29. The monoisotopic (exact) mass is 225 g/mol. The molecule has 0 saturated carbocycles. The maximum atomic E-state index is 5.38. The van der Waals surface area contributed by atoms with Gasteiger partial charge >= 0.3 is 0 Å². The van der Waals surface area contributed by atoms with E-state index in [1.807, 2.05) is 11.4 Å². The highest BCUT2D eigenvalue weighted by Gasteiger charge is 1.86. The first-order valence-corrected chi connectivity index (χ1v) is 3.74. The van der Waals surface area contributed by atoms with Gasteiger partial charge in [-0.25, -0.2) is 0 Å². The summed E-state index contributed by atoms with van der Waals surface area (Å²) < 4.78 is 1.25. The van der Waals surface area contributed by atoms with Crippen LogP contribution in [0.1, 0.15) is 0 Å². The third-order valence-corrected chi connectivity index (χ3v) is 2.39. The highest BCUT2D eigenvalue weighted by Crippen LogP contribution is 2.17. The van der Waals surface area contributed by atoms with E-state index in [1.54, 1.807) is 11.3 Å². The first-order valence-electron chi connectivity index (χ1n) is 1.78. The largest absolute Gasteiger partial charge is 0.398 e. The Morgan fingerprint density at radius 2 is 2.43 bits per heavy atom. The molecule has 38 valence electrons. The van der Waals surface area contributed by atoms with Gasteiger partial charge in [0.05, 0.1) is 2.88 Å². The van der Waals surface area contributed by atoms with Gasteiger partial charge in [0.25, 0.3) is 0 Å². The molecule has 0 aliphatic carbocycles. The zero-order valence-electron chi connectivity index (χ0n) is 3.52. The van der Waals surface area contributed by atoms with Gasteiger partial charge in [-0.2, -0.15) is 0 Å². The van der Waals surface area contributed by atoms with Crippen LogP contribution in [0, 0.1) is 2.88 Å². The van der Waals surface area contributed by atoms with E-state index in [0.717, 1.165) is 5.69 Å². The Labute approximate surface area is 59.7 Å². The zero-order valence-corrected chi connectivity index (χ0v) is 6.49. The predicted molar refractivity (Wildman–Crippen MR) is 41.4 cm³/mol. The number of hydrogen-bond donors (Lipinski definition) is 1. The first-order chi connectivity index (χ1) is 3.29. The molecular weight excluding hydrogens is 221 g/mol. The van der Waals surface area contributed by atoms with Gasteiger partial charge in [0.15, 0.2) is 0 Å². The predicted octanol–water partition coefficient (Wildman–Crippen LogP) is 1.93. The van der Waals surface area contributed by atoms with Gasteiger partial charge in [-0.3, -0.25) is 0 Å². The lowest BCUT2D eigenvalue weighted by Gasteiger charge is -1.70. The summed E-state index contributed by atoms with van der Waals surface area (Å²) in [7, 11) is 0. The fourth-order valence-corrected chi connectivity index (χ4v) is 1.59. The van der Waals surface area contributed by atoms with Crippen molar-refractivity contribution in [2.24, 2.45) is 0 Å². The van der Waals surface area contributed by atoms with Gasteiger partial charge in [-0.05, 0) is 28.7 Å². The number of hydrogen-bond acceptors (Lipinski definition) is 2. The highest BCUT2D eigenvalue weighted by atomic mass is 127. The van der Waals surface area contributed by atoms with Crippen molar-refractivity contribution in [2.45, 2.75) is 0 Å². The summed E-state index contributed by atoms with van der Waals surface area (Å²) in [5.41, 5.74) is 6.25. The molecule has 0 aromatic carbocycles. The van der Waals surface area contributed by atoms with E-state index in [0.29, 0.717) is 0 Å². The Morgan fingerprint density at radius 3 is 2.57 bits per heavy atom. The molecule has 0 aliphatic rings. The summed E-state index contributed by atoms with van der Waals surface area (Å²) in [4.78, 5) is 0. The fourth-order valence-electron chi connectivity index (χ4n) is 0.323. The number of thiophene rings is 1. The lowest BCUT2D eigenvalue weighted by Crippen LogP contribution is -1.75. The Bertz CT molecular complexity index is 144. The van der Waals surface area contributed by atoms with Gasteiger partial charge in [0.2, 0.25) is 0 Å². The van der Waals surface area contributed by atoms with Crippen molar-refractivity contribution < 1.29 is 0 Å². The summed E-state index contributed by atoms with van der Waals surface area (Å²) in [5.74, 6) is 0. The standard InChI is InChI=1S/C4H4INS/c5-4-1-3(6)2-7-4/h1-2H,6H2. The summed E-state index contributed by atoms with van der Waals surface area (Å²) in [6.45, 7) is 0. The van der Waals surface area contributed by atoms with Crippen molar-refractivity contribution in [1.82, 2.24) is 0 Å². The van der Waals surface area contributed by atoms with Crippen LogP contribution in [-0.2, 0) is 0 Å². The van der Waals surface area contributed by atoms with Crippen LogP contribution in [-0.4, -0.2) is 0 Å². The number of nitrogens with two attached hydrogens (primary N) is 1. The van der Waals surface area contributed by atoms with Crippen molar-refractivity contribution >= 4 is 39.6 Å². The molecule has 2 N–H and O–H groups in total. The van der Waals surface area contributed by atoms with E-state index in [2.05, 4.69) is 22.6 Å². The minimum absolute atomic E-state index is 0.870. The van der Waals surface area contributed by atoms with Crippen LogP contribution in [0.5, 0.6) is 0 Å². The van der Waals surface area contributed by atoms with Gasteiger partial charge in [-0.15, -0.1) is 11.3 Å². The van der Waals surface area contributed by atoms with E-state index in [9.17, 15) is 0 Å². The Balaban J connectivity index is 3.04. The first kappa shape index (κ1) is 5.37. The molecule has 1 rings (SSSR count). The minimum atomic E-state index is 0.870. The van der Waals surface area contributed by atoms with Crippen molar-refractivity contribution in [1.29, 1.82) is 0 Å². The molecule has 3 heteroatoms. The van der Waals surface area contributed by atoms with Gasteiger partial charge in [-0.1, -0.05) is 0 Å². The van der Waals surface area contributed by atoms with Crippen molar-refractivity contribution in [3.05, 3.63) is 14.3 Å². The van der Waals surface area contributed by atoms with E-state index in [4.69, 9.17) is 5.73 Å². The van der Waals surface area contributed by atoms with Crippen LogP contribution >= 0.6 is 33.9 Å². The van der Waals surface area contributed by atoms with E-state index in [1.165, 1.54) is 2.88 Å². The minimum Gasteiger partial charge on any atom is -0.398 e. The maximum Gasteiger partial charge on any atom is 0.0674 e. The molecule has 7 heavy (non-hydrogen) atoms. The SMILES string of the molecule is Nc1csc(I)c1. The second-order valence-electron chi connectivity index (χ2n) is 1.18. The average molecular weight is 225 g/mol. The Morgan fingerprint density at radius 1 is 1.71 bits per heavy atom. The maximum absolute atomic E-state index is 5.38. The summed E-state index contributed by atoms with van der Waals surface area (Å²) in [5, 5.41) is 1.93. The van der Waals surface area contributed by atoms with E-state index < -0.39 is 0 Å². The summed E-state index contributed by atoms with van der Waals surface area (Å²) >= 11 is 3.91. The van der Waals surface area contributed by atoms with Crippen LogP contribution < -0.4 is 5.73 Å². The summed E-state index contributed by atoms with van der Waals surface area (Å²) in [6.07, 6.45) is 0. The third kappa shape index (κ3) is 1.31. The van der Waals surface area contributed by atoms with Crippen LogP contribution in [0.4, 0.5) is 5.69 Å². The van der Waals surface area contributed by atoms with Gasteiger partial charge in [0.1, 0.15) is 0 Å². The lowest BCUT2D eigenvalue weighted by atomic mass is 10.6. The van der Waals surface area contributed by atoms with Crippen LogP contribution in [0.25, 0.3) is 0 Å². The van der Waals surface area contributed by atoms with E-state index in [-0.39, 0.29) is 0 Å². The topological polar surface area (TPSA) is 26.0 Å². The zero-order chi connectivity index (χ0) is 5.28. The molecule has 0 spiro atoms. The molecule has 1 aromatic rings. The second-order valence-corrected chi connectivity index (χ2v) is 3.99. The summed E-state index contributed by atoms with van der Waals surface area (Å²) in [6, 6.07) is 1.95. The quantitative estimate of drug-likeness (QED) is 0.671. The van der Waals surface area contributed by atoms with Crippen molar-refractivity contribution in [3.8, 4) is 0 Å². The van der Waals surface area contributed by atoms with Crippen LogP contribution in [0.2, 0.25) is 0 Å². The Kier molecular flexibility index (Phi) is 1.53. The molecule has 1 aromatic heterocycles. The van der Waals surface area contributed by atoms with Gasteiger partial charge < -0.3 is 5.73 Å². The van der Waals surface area contributed by atoms with Crippen molar-refractivity contribution in [3.63, 3.8) is 0 Å². The average Bonchev–Trinajstić information content (AvgIpc) is 1.87. The molecule has 0 unspecified atom stereocenters.